The van der Waals surface area contributed by atoms with E-state index in [4.69, 9.17) is 14.9 Å². The lowest BCUT2D eigenvalue weighted by atomic mass is 9.86. The van der Waals surface area contributed by atoms with Gasteiger partial charge in [0.25, 0.3) is 5.91 Å². The fourth-order valence-electron chi connectivity index (χ4n) is 7.18. The molecular weight excluding hydrogens is 687 g/mol. The van der Waals surface area contributed by atoms with Crippen LogP contribution in [0.3, 0.4) is 0 Å². The minimum atomic E-state index is -1.21. The zero-order valence-electron chi connectivity index (χ0n) is 31.1. The first-order valence-electron chi connectivity index (χ1n) is 18.4. The molecule has 11 nitrogen and oxygen atoms in total. The van der Waals surface area contributed by atoms with Crippen molar-refractivity contribution in [3.05, 3.63) is 135 Å². The molecule has 12 heteroatoms. The number of amides is 2. The molecule has 1 aliphatic carbocycles. The topological polar surface area (TPSA) is 131 Å². The molecule has 1 aromatic heterocycles. The van der Waals surface area contributed by atoms with E-state index in [0.717, 1.165) is 54.0 Å². The summed E-state index contributed by atoms with van der Waals surface area (Å²) >= 11 is 0. The van der Waals surface area contributed by atoms with E-state index in [0.29, 0.717) is 35.9 Å². The molecule has 1 fully saturated rings. The standard InChI is InChI=1S/C42H47FN6O5/c1-27-22-33(44-41(51)52)20-21-36(27)45-40(50)34-23-35(43)37(24-38(34)54-29(3)32-18-12-7-13-19-32)49-42(53)47(4)39(46-49)28(2)48(25-30-14-8-5-9-15-30)26-31-16-10-6-11-17-31/h5-6,8-11,14-17,20-24,28-29,32,44H,7,12-13,18-19,25-26H2,1-4H3,(H,45,50)(H,51,52)/t28-,29?/m1/s1. The Kier molecular flexibility index (Phi) is 11.9. The molecule has 3 N–H and O–H groups in total. The minimum Gasteiger partial charge on any atom is -0.490 e. The van der Waals surface area contributed by atoms with Crippen LogP contribution in [0.2, 0.25) is 0 Å². The summed E-state index contributed by atoms with van der Waals surface area (Å²) in [4.78, 5) is 41.0. The average molecular weight is 735 g/mol. The summed E-state index contributed by atoms with van der Waals surface area (Å²) in [6.07, 6.45) is 3.81. The van der Waals surface area contributed by atoms with Crippen LogP contribution in [-0.4, -0.2) is 42.5 Å². The first-order chi connectivity index (χ1) is 26.0. The number of nitrogens with zero attached hydrogens (tertiary/aromatic N) is 4. The summed E-state index contributed by atoms with van der Waals surface area (Å²) < 4.78 is 25.3. The molecule has 0 bridgehead atoms. The van der Waals surface area contributed by atoms with Crippen LogP contribution in [0.5, 0.6) is 5.75 Å². The lowest BCUT2D eigenvalue weighted by Gasteiger charge is -2.29. The summed E-state index contributed by atoms with van der Waals surface area (Å²) in [6, 6.07) is 26.9. The van der Waals surface area contributed by atoms with Crippen molar-refractivity contribution in [1.29, 1.82) is 0 Å². The van der Waals surface area contributed by atoms with Crippen LogP contribution in [0.25, 0.3) is 5.69 Å². The first-order valence-corrected chi connectivity index (χ1v) is 18.4. The van der Waals surface area contributed by atoms with Gasteiger partial charge >= 0.3 is 11.8 Å². The van der Waals surface area contributed by atoms with E-state index in [-0.39, 0.29) is 35.1 Å². The molecule has 1 aliphatic rings. The molecule has 2 atom stereocenters. The number of nitrogens with one attached hydrogen (secondary N) is 2. The summed E-state index contributed by atoms with van der Waals surface area (Å²) in [5.41, 5.74) is 2.85. The number of hydrogen-bond acceptors (Lipinski definition) is 6. The molecule has 5 aromatic rings. The molecule has 0 aliphatic heterocycles. The molecule has 6 rings (SSSR count). The Labute approximate surface area is 314 Å². The van der Waals surface area contributed by atoms with Gasteiger partial charge in [0.05, 0.1) is 17.7 Å². The third-order valence-electron chi connectivity index (χ3n) is 10.3. The van der Waals surface area contributed by atoms with Crippen molar-refractivity contribution in [2.75, 3.05) is 10.6 Å². The second-order valence-corrected chi connectivity index (χ2v) is 14.1. The second kappa shape index (κ2) is 16.9. The van der Waals surface area contributed by atoms with Crippen molar-refractivity contribution in [2.24, 2.45) is 13.0 Å². The number of carbonyl (C=O) groups is 2. The average Bonchev–Trinajstić information content (AvgIpc) is 3.46. The molecular formula is C42H47FN6O5. The Bertz CT molecular complexity index is 2100. The van der Waals surface area contributed by atoms with Crippen molar-refractivity contribution in [2.45, 2.75) is 78.1 Å². The summed E-state index contributed by atoms with van der Waals surface area (Å²) in [5.74, 6) is -0.605. The Morgan fingerprint density at radius 2 is 1.56 bits per heavy atom. The van der Waals surface area contributed by atoms with E-state index in [9.17, 15) is 14.4 Å². The number of hydrogen-bond donors (Lipinski definition) is 3. The van der Waals surface area contributed by atoms with Gasteiger partial charge in [0.15, 0.2) is 5.82 Å². The van der Waals surface area contributed by atoms with Crippen molar-refractivity contribution in [1.82, 2.24) is 19.2 Å². The highest BCUT2D eigenvalue weighted by Gasteiger charge is 2.28. The van der Waals surface area contributed by atoms with E-state index in [2.05, 4.69) is 39.8 Å². The number of aromatic nitrogens is 3. The zero-order valence-corrected chi connectivity index (χ0v) is 31.1. The highest BCUT2D eigenvalue weighted by atomic mass is 19.1. The predicted molar refractivity (Wildman–Crippen MR) is 207 cm³/mol. The third-order valence-corrected chi connectivity index (χ3v) is 10.3. The van der Waals surface area contributed by atoms with Gasteiger partial charge in [0.1, 0.15) is 17.3 Å². The number of carboxylic acid groups (broad SMARTS) is 1. The maximum absolute atomic E-state index is 16.3. The molecule has 0 saturated heterocycles. The molecule has 1 heterocycles. The van der Waals surface area contributed by atoms with Crippen LogP contribution in [0.4, 0.5) is 20.6 Å². The minimum absolute atomic E-state index is 0.0412. The van der Waals surface area contributed by atoms with Crippen molar-refractivity contribution >= 4 is 23.4 Å². The van der Waals surface area contributed by atoms with Crippen LogP contribution in [-0.2, 0) is 20.1 Å². The van der Waals surface area contributed by atoms with Crippen LogP contribution < -0.4 is 21.1 Å². The monoisotopic (exact) mass is 734 g/mol. The summed E-state index contributed by atoms with van der Waals surface area (Å²) in [6.45, 7) is 6.84. The van der Waals surface area contributed by atoms with E-state index in [1.165, 1.54) is 16.7 Å². The van der Waals surface area contributed by atoms with Gasteiger partial charge in [-0.3, -0.25) is 19.6 Å². The lowest BCUT2D eigenvalue weighted by molar-refractivity contribution is 0.0996. The van der Waals surface area contributed by atoms with Crippen LogP contribution >= 0.6 is 0 Å². The summed E-state index contributed by atoms with van der Waals surface area (Å²) in [7, 11) is 1.63. The van der Waals surface area contributed by atoms with Crippen LogP contribution in [0.1, 0.15) is 84.9 Å². The van der Waals surface area contributed by atoms with Crippen LogP contribution in [0.15, 0.2) is 95.8 Å². The summed E-state index contributed by atoms with van der Waals surface area (Å²) in [5, 5.41) is 18.9. The van der Waals surface area contributed by atoms with Crippen molar-refractivity contribution in [3.8, 4) is 11.4 Å². The van der Waals surface area contributed by atoms with Gasteiger partial charge in [-0.2, -0.15) is 4.68 Å². The van der Waals surface area contributed by atoms with Gasteiger partial charge in [0, 0.05) is 37.6 Å². The van der Waals surface area contributed by atoms with Crippen molar-refractivity contribution in [3.63, 3.8) is 0 Å². The van der Waals surface area contributed by atoms with Gasteiger partial charge in [-0.15, -0.1) is 5.10 Å². The van der Waals surface area contributed by atoms with Crippen molar-refractivity contribution < 1.29 is 23.8 Å². The Balaban J connectivity index is 1.36. The molecule has 282 valence electrons. The number of halogens is 1. The second-order valence-electron chi connectivity index (χ2n) is 14.1. The van der Waals surface area contributed by atoms with Gasteiger partial charge in [0.2, 0.25) is 0 Å². The quantitative estimate of drug-likeness (QED) is 0.111. The SMILES string of the molecule is Cc1cc(NC(=O)O)ccc1NC(=O)c1cc(F)c(-n2nc([C@@H](C)N(Cc3ccccc3)Cc3ccccc3)n(C)c2=O)cc1OC(C)C1CCCCC1. The molecule has 1 unspecified atom stereocenters. The first kappa shape index (κ1) is 38.0. The molecule has 0 radical (unpaired) electrons. The number of anilines is 2. The molecule has 4 aromatic carbocycles. The smallest absolute Gasteiger partial charge is 0.409 e. The van der Waals surface area contributed by atoms with Crippen LogP contribution in [0, 0.1) is 18.7 Å². The highest BCUT2D eigenvalue weighted by Crippen LogP contribution is 2.33. The molecule has 1 saturated carbocycles. The zero-order chi connectivity index (χ0) is 38.4. The predicted octanol–water partition coefficient (Wildman–Crippen LogP) is 8.47. The molecule has 2 amide bonds. The van der Waals surface area contributed by atoms with Gasteiger partial charge < -0.3 is 15.2 Å². The number of aryl methyl sites for hydroxylation is 1. The van der Waals surface area contributed by atoms with E-state index >= 15 is 4.39 Å². The largest absolute Gasteiger partial charge is 0.490 e. The maximum atomic E-state index is 16.3. The van der Waals surface area contributed by atoms with E-state index < -0.39 is 23.5 Å². The van der Waals surface area contributed by atoms with Gasteiger partial charge in [-0.25, -0.2) is 14.0 Å². The van der Waals surface area contributed by atoms with E-state index in [1.807, 2.05) is 50.2 Å². The Hall–Kier alpha value is -5.75. The lowest BCUT2D eigenvalue weighted by Crippen LogP contribution is -2.29. The Morgan fingerprint density at radius 1 is 0.926 bits per heavy atom. The molecule has 54 heavy (non-hydrogen) atoms. The van der Waals surface area contributed by atoms with E-state index in [1.54, 1.807) is 26.1 Å². The fourth-order valence-corrected chi connectivity index (χ4v) is 7.18. The number of ether oxygens (including phenoxy) is 1. The highest BCUT2D eigenvalue weighted by molar-refractivity contribution is 6.07. The number of benzene rings is 4. The third kappa shape index (κ3) is 8.88. The van der Waals surface area contributed by atoms with Gasteiger partial charge in [-0.1, -0.05) is 79.9 Å². The number of rotatable bonds is 13. The normalized spacial score (nSPS) is 14.4. The number of carbonyl (C=O) groups excluding carboxylic acids is 1. The maximum Gasteiger partial charge on any atom is 0.409 e. The Morgan fingerprint density at radius 3 is 2.15 bits per heavy atom. The van der Waals surface area contributed by atoms with Gasteiger partial charge in [-0.05, 0) is 80.5 Å². The molecule has 0 spiro atoms. The fraction of sp³-hybridized carbons (Fsp3) is 0.333.